The molecule has 0 aromatic heterocycles. The molecule has 0 aliphatic heterocycles. The van der Waals surface area contributed by atoms with Crippen LogP contribution in [0.15, 0.2) is 12.7 Å². The van der Waals surface area contributed by atoms with Crippen LogP contribution in [0.5, 0.6) is 0 Å². The van der Waals surface area contributed by atoms with E-state index >= 15 is 0 Å². The number of hydroxylamine groups is 1. The molecule has 0 radical (unpaired) electrons. The van der Waals surface area contributed by atoms with Gasteiger partial charge in [-0.2, -0.15) is 0 Å². The summed E-state index contributed by atoms with van der Waals surface area (Å²) in [5, 5.41) is 0. The molecule has 0 aliphatic carbocycles. The van der Waals surface area contributed by atoms with Crippen molar-refractivity contribution < 1.29 is 19.2 Å². The van der Waals surface area contributed by atoms with E-state index in [0.29, 0.717) is 6.61 Å². The molecule has 0 saturated heterocycles. The fraction of sp³-hybridized carbons (Fsp3) is 0.500. The molecule has 0 spiro atoms. The summed E-state index contributed by atoms with van der Waals surface area (Å²) in [7, 11) is 0. The predicted molar refractivity (Wildman–Crippen MR) is 45.5 cm³/mol. The van der Waals surface area contributed by atoms with Crippen molar-refractivity contribution in [1.29, 1.82) is 0 Å². The fourth-order valence-electron chi connectivity index (χ4n) is 0.531. The quantitative estimate of drug-likeness (QED) is 0.279. The third kappa shape index (κ3) is 7.02. The number of esters is 1. The van der Waals surface area contributed by atoms with Crippen molar-refractivity contribution in [2.75, 3.05) is 13.2 Å². The number of carbonyl (C=O) groups is 2. The first kappa shape index (κ1) is 11.6. The highest BCUT2D eigenvalue weighted by Gasteiger charge is 2.01. The number of rotatable bonds is 6. The van der Waals surface area contributed by atoms with Gasteiger partial charge in [0.15, 0.2) is 0 Å². The van der Waals surface area contributed by atoms with Gasteiger partial charge in [-0.1, -0.05) is 6.58 Å². The van der Waals surface area contributed by atoms with E-state index in [1.54, 1.807) is 6.92 Å². The van der Waals surface area contributed by atoms with Crippen molar-refractivity contribution in [3.63, 3.8) is 0 Å². The van der Waals surface area contributed by atoms with Gasteiger partial charge in [0, 0.05) is 0 Å². The lowest BCUT2D eigenvalue weighted by Crippen LogP contribution is -2.23. The van der Waals surface area contributed by atoms with Crippen LogP contribution < -0.4 is 5.48 Å². The second-order valence-corrected chi connectivity index (χ2v) is 2.07. The highest BCUT2D eigenvalue weighted by molar-refractivity contribution is 5.85. The van der Waals surface area contributed by atoms with Crippen LogP contribution in [0.4, 0.5) is 0 Å². The van der Waals surface area contributed by atoms with Gasteiger partial charge in [-0.3, -0.25) is 14.4 Å². The Bertz CT molecular complexity index is 191. The van der Waals surface area contributed by atoms with E-state index in [-0.39, 0.29) is 19.0 Å². The van der Waals surface area contributed by atoms with Gasteiger partial charge in [0.1, 0.15) is 0 Å². The summed E-state index contributed by atoms with van der Waals surface area (Å²) in [5.74, 6) is -0.792. The Morgan fingerprint density at radius 3 is 2.77 bits per heavy atom. The number of amides is 1. The Morgan fingerprint density at radius 2 is 2.23 bits per heavy atom. The molecule has 0 saturated carbocycles. The van der Waals surface area contributed by atoms with Crippen molar-refractivity contribution in [2.24, 2.45) is 0 Å². The molecule has 5 heteroatoms. The van der Waals surface area contributed by atoms with E-state index < -0.39 is 5.91 Å². The molecule has 0 heterocycles. The molecule has 0 aromatic carbocycles. The Morgan fingerprint density at radius 1 is 1.54 bits per heavy atom. The minimum atomic E-state index is -0.441. The Hall–Kier alpha value is -1.36. The molecule has 0 atom stereocenters. The van der Waals surface area contributed by atoms with E-state index in [1.807, 2.05) is 0 Å². The van der Waals surface area contributed by atoms with Gasteiger partial charge in [-0.25, -0.2) is 5.48 Å². The lowest BCUT2D eigenvalue weighted by molar-refractivity contribution is -0.146. The lowest BCUT2D eigenvalue weighted by Gasteiger charge is -2.02. The zero-order chi connectivity index (χ0) is 10.1. The van der Waals surface area contributed by atoms with Crippen molar-refractivity contribution >= 4 is 11.9 Å². The van der Waals surface area contributed by atoms with Gasteiger partial charge in [0.05, 0.1) is 19.6 Å². The van der Waals surface area contributed by atoms with Crippen LogP contribution >= 0.6 is 0 Å². The van der Waals surface area contributed by atoms with Gasteiger partial charge >= 0.3 is 5.97 Å². The Labute approximate surface area is 76.7 Å². The zero-order valence-corrected chi connectivity index (χ0v) is 7.54. The van der Waals surface area contributed by atoms with Gasteiger partial charge in [-0.05, 0) is 13.0 Å². The summed E-state index contributed by atoms with van der Waals surface area (Å²) in [4.78, 5) is 25.9. The van der Waals surface area contributed by atoms with E-state index in [4.69, 9.17) is 0 Å². The zero-order valence-electron chi connectivity index (χ0n) is 7.54. The fourth-order valence-corrected chi connectivity index (χ4v) is 0.531. The Balaban J connectivity index is 3.30. The molecule has 0 bridgehead atoms. The normalized spacial score (nSPS) is 9.00. The van der Waals surface area contributed by atoms with Gasteiger partial charge in [-0.15, -0.1) is 0 Å². The van der Waals surface area contributed by atoms with Crippen molar-refractivity contribution in [3.05, 3.63) is 12.7 Å². The summed E-state index contributed by atoms with van der Waals surface area (Å²) in [6.45, 7) is 5.38. The van der Waals surface area contributed by atoms with E-state index in [0.717, 1.165) is 6.08 Å². The summed E-state index contributed by atoms with van der Waals surface area (Å²) in [6, 6.07) is 0. The minimum absolute atomic E-state index is 0.0956. The van der Waals surface area contributed by atoms with Crippen molar-refractivity contribution in [1.82, 2.24) is 5.48 Å². The number of carbonyl (C=O) groups excluding carboxylic acids is 2. The standard InChI is InChI=1S/C8H13NO4/c1-3-7(10)9-13-6-5-8(11)12-4-2/h3H,1,4-6H2,2H3,(H,9,10). The topological polar surface area (TPSA) is 64.6 Å². The molecule has 1 amide bonds. The van der Waals surface area contributed by atoms with Crippen LogP contribution in [0, 0.1) is 0 Å². The first-order valence-electron chi connectivity index (χ1n) is 3.90. The third-order valence-corrected chi connectivity index (χ3v) is 1.07. The smallest absolute Gasteiger partial charge is 0.308 e. The third-order valence-electron chi connectivity index (χ3n) is 1.07. The van der Waals surface area contributed by atoms with E-state index in [2.05, 4.69) is 21.6 Å². The summed E-state index contributed by atoms with van der Waals surface area (Å²) in [5.41, 5.74) is 2.07. The minimum Gasteiger partial charge on any atom is -0.466 e. The Kier molecular flexibility index (Phi) is 6.53. The second kappa shape index (κ2) is 7.30. The van der Waals surface area contributed by atoms with Crippen LogP contribution in [-0.2, 0) is 19.2 Å². The first-order valence-corrected chi connectivity index (χ1v) is 3.90. The molecule has 0 rings (SSSR count). The largest absolute Gasteiger partial charge is 0.466 e. The van der Waals surface area contributed by atoms with Crippen LogP contribution in [0.1, 0.15) is 13.3 Å². The maximum absolute atomic E-state index is 10.7. The molecule has 74 valence electrons. The van der Waals surface area contributed by atoms with Crippen molar-refractivity contribution in [3.8, 4) is 0 Å². The molecule has 1 N–H and O–H groups in total. The van der Waals surface area contributed by atoms with E-state index in [9.17, 15) is 9.59 Å². The second-order valence-electron chi connectivity index (χ2n) is 2.07. The monoisotopic (exact) mass is 187 g/mol. The molecule has 0 unspecified atom stereocenters. The molecule has 0 aromatic rings. The number of hydrogen-bond acceptors (Lipinski definition) is 4. The highest BCUT2D eigenvalue weighted by Crippen LogP contribution is 1.86. The number of hydrogen-bond donors (Lipinski definition) is 1. The van der Waals surface area contributed by atoms with Gasteiger partial charge in [0.2, 0.25) is 0 Å². The summed E-state index contributed by atoms with van der Waals surface area (Å²) < 4.78 is 4.62. The molecular weight excluding hydrogens is 174 g/mol. The molecule has 0 aliphatic rings. The maximum atomic E-state index is 10.7. The molecule has 0 fully saturated rings. The van der Waals surface area contributed by atoms with Crippen LogP contribution in [0.3, 0.4) is 0 Å². The highest BCUT2D eigenvalue weighted by atomic mass is 16.7. The van der Waals surface area contributed by atoms with Gasteiger partial charge < -0.3 is 4.74 Å². The molecule has 13 heavy (non-hydrogen) atoms. The van der Waals surface area contributed by atoms with Crippen molar-refractivity contribution in [2.45, 2.75) is 13.3 Å². The van der Waals surface area contributed by atoms with Crippen LogP contribution in [0.25, 0.3) is 0 Å². The van der Waals surface area contributed by atoms with Crippen LogP contribution in [-0.4, -0.2) is 25.1 Å². The van der Waals surface area contributed by atoms with Crippen LogP contribution in [0.2, 0.25) is 0 Å². The SMILES string of the molecule is C=CC(=O)NOCCC(=O)OCC. The number of ether oxygens (including phenoxy) is 1. The lowest BCUT2D eigenvalue weighted by atomic mass is 10.5. The number of nitrogens with one attached hydrogen (secondary N) is 1. The van der Waals surface area contributed by atoms with E-state index in [1.165, 1.54) is 0 Å². The van der Waals surface area contributed by atoms with Gasteiger partial charge in [0.25, 0.3) is 5.91 Å². The molecular formula is C8H13NO4. The predicted octanol–water partition coefficient (Wildman–Crippen LogP) is 0.173. The first-order chi connectivity index (χ1) is 6.20. The molecule has 5 nitrogen and oxygen atoms in total. The average molecular weight is 187 g/mol. The maximum Gasteiger partial charge on any atom is 0.308 e. The summed E-state index contributed by atoms with van der Waals surface area (Å²) in [6.07, 6.45) is 1.19. The summed E-state index contributed by atoms with van der Waals surface area (Å²) >= 11 is 0. The average Bonchev–Trinajstić information content (AvgIpc) is 2.12.